The highest BCUT2D eigenvalue weighted by Crippen LogP contribution is 2.19. The number of likely N-dealkylation sites (N-methyl/N-ethyl adjacent to an activating group) is 1. The van der Waals surface area contributed by atoms with Gasteiger partial charge in [-0.25, -0.2) is 0 Å². The Morgan fingerprint density at radius 1 is 1.10 bits per heavy atom. The van der Waals surface area contributed by atoms with E-state index in [0.29, 0.717) is 0 Å². The summed E-state index contributed by atoms with van der Waals surface area (Å²) in [5.41, 5.74) is 9.79. The first-order valence-corrected chi connectivity index (χ1v) is 7.16. The molecule has 0 saturated carbocycles. The molecule has 0 aliphatic carbocycles. The fourth-order valence-electron chi connectivity index (χ4n) is 2.19. The third-order valence-electron chi connectivity index (χ3n) is 3.69. The van der Waals surface area contributed by atoms with Crippen LogP contribution in [0.3, 0.4) is 0 Å². The van der Waals surface area contributed by atoms with Crippen LogP contribution >= 0.6 is 0 Å². The highest BCUT2D eigenvalue weighted by atomic mass is 15.1. The molecule has 2 N–H and O–H groups in total. The average molecular weight is 269 g/mol. The fraction of sp³-hybridized carbons (Fsp3) is 0.353. The van der Waals surface area contributed by atoms with Crippen molar-refractivity contribution in [1.29, 1.82) is 0 Å². The molecule has 0 radical (unpaired) electrons. The molecule has 0 fully saturated rings. The molecular weight excluding hydrogens is 246 g/mol. The van der Waals surface area contributed by atoms with Crippen LogP contribution in [0.4, 0.5) is 5.69 Å². The zero-order valence-corrected chi connectivity index (χ0v) is 12.3. The first-order chi connectivity index (χ1) is 9.70. The van der Waals surface area contributed by atoms with Crippen molar-refractivity contribution < 1.29 is 0 Å². The van der Waals surface area contributed by atoms with Crippen molar-refractivity contribution in [3.8, 4) is 0 Å². The molecule has 20 heavy (non-hydrogen) atoms. The van der Waals surface area contributed by atoms with Crippen molar-refractivity contribution in [2.24, 2.45) is 5.73 Å². The molecule has 2 rings (SSSR count). The van der Waals surface area contributed by atoms with Gasteiger partial charge in [0, 0.05) is 37.7 Å². The van der Waals surface area contributed by atoms with Crippen molar-refractivity contribution >= 4 is 5.69 Å². The van der Waals surface area contributed by atoms with Crippen molar-refractivity contribution in [3.05, 3.63) is 59.9 Å². The molecule has 0 amide bonds. The number of hydrogen-bond acceptors (Lipinski definition) is 3. The lowest BCUT2D eigenvalue weighted by Crippen LogP contribution is -2.20. The molecule has 0 spiro atoms. The van der Waals surface area contributed by atoms with Crippen LogP contribution in [0, 0.1) is 0 Å². The lowest BCUT2D eigenvalue weighted by atomic mass is 10.1. The quantitative estimate of drug-likeness (QED) is 0.876. The predicted molar refractivity (Wildman–Crippen MR) is 84.9 cm³/mol. The minimum absolute atomic E-state index is 0.145. The number of pyridine rings is 1. The zero-order valence-electron chi connectivity index (χ0n) is 12.3. The minimum Gasteiger partial charge on any atom is -0.374 e. The van der Waals surface area contributed by atoms with Gasteiger partial charge in [0.15, 0.2) is 0 Å². The fourth-order valence-corrected chi connectivity index (χ4v) is 2.19. The van der Waals surface area contributed by atoms with E-state index in [1.165, 1.54) is 16.8 Å². The van der Waals surface area contributed by atoms with Gasteiger partial charge in [-0.05, 0) is 48.2 Å². The Bertz CT molecular complexity index is 508. The smallest absolute Gasteiger partial charge is 0.0363 e. The second-order valence-corrected chi connectivity index (χ2v) is 5.13. The van der Waals surface area contributed by atoms with Crippen LogP contribution in [0.25, 0.3) is 0 Å². The topological polar surface area (TPSA) is 42.1 Å². The molecule has 3 nitrogen and oxygen atoms in total. The number of nitrogens with two attached hydrogens (primary N) is 1. The summed E-state index contributed by atoms with van der Waals surface area (Å²) in [7, 11) is 2.12. The van der Waals surface area contributed by atoms with Gasteiger partial charge in [0.2, 0.25) is 0 Å². The second-order valence-electron chi connectivity index (χ2n) is 5.13. The average Bonchev–Trinajstić information content (AvgIpc) is 2.53. The maximum absolute atomic E-state index is 6.04. The predicted octanol–water partition coefficient (Wildman–Crippen LogP) is 3.17. The third-order valence-corrected chi connectivity index (χ3v) is 3.69. The highest BCUT2D eigenvalue weighted by Gasteiger charge is 2.05. The monoisotopic (exact) mass is 269 g/mol. The number of benzene rings is 1. The van der Waals surface area contributed by atoms with E-state index in [0.717, 1.165) is 19.4 Å². The van der Waals surface area contributed by atoms with Gasteiger partial charge >= 0.3 is 0 Å². The van der Waals surface area contributed by atoms with Crippen LogP contribution in [0.1, 0.15) is 30.5 Å². The van der Waals surface area contributed by atoms with Crippen molar-refractivity contribution in [1.82, 2.24) is 4.98 Å². The maximum Gasteiger partial charge on any atom is 0.0363 e. The molecule has 0 aliphatic heterocycles. The maximum atomic E-state index is 6.04. The van der Waals surface area contributed by atoms with Gasteiger partial charge in [-0.1, -0.05) is 19.1 Å². The summed E-state index contributed by atoms with van der Waals surface area (Å²) in [5.74, 6) is 0. The Labute approximate surface area is 121 Å². The number of nitrogens with zero attached hydrogens (tertiary/aromatic N) is 2. The molecule has 106 valence electrons. The molecule has 1 atom stereocenters. The Morgan fingerprint density at radius 3 is 2.35 bits per heavy atom. The lowest BCUT2D eigenvalue weighted by Gasteiger charge is -2.20. The summed E-state index contributed by atoms with van der Waals surface area (Å²) in [6.45, 7) is 3.10. The molecule has 0 saturated heterocycles. The third kappa shape index (κ3) is 3.81. The van der Waals surface area contributed by atoms with Crippen LogP contribution in [-0.2, 0) is 6.42 Å². The summed E-state index contributed by atoms with van der Waals surface area (Å²) >= 11 is 0. The molecule has 1 aromatic carbocycles. The van der Waals surface area contributed by atoms with E-state index in [1.807, 2.05) is 12.4 Å². The number of aromatic nitrogens is 1. The van der Waals surface area contributed by atoms with Crippen molar-refractivity contribution in [2.75, 3.05) is 18.5 Å². The van der Waals surface area contributed by atoms with Gasteiger partial charge in [-0.2, -0.15) is 0 Å². The van der Waals surface area contributed by atoms with E-state index < -0.39 is 0 Å². The van der Waals surface area contributed by atoms with E-state index in [9.17, 15) is 0 Å². The second kappa shape index (κ2) is 7.06. The van der Waals surface area contributed by atoms with E-state index in [4.69, 9.17) is 5.73 Å². The van der Waals surface area contributed by atoms with Gasteiger partial charge in [0.05, 0.1) is 0 Å². The van der Waals surface area contributed by atoms with Gasteiger partial charge in [0.25, 0.3) is 0 Å². The standard InChI is InChI=1S/C17H23N3/c1-3-17(18)15-4-6-16(7-5-15)20(2)13-10-14-8-11-19-12-9-14/h4-9,11-12,17H,3,10,13,18H2,1-2H3/t17-/m1/s1. The van der Waals surface area contributed by atoms with Crippen molar-refractivity contribution in [3.63, 3.8) is 0 Å². The van der Waals surface area contributed by atoms with E-state index >= 15 is 0 Å². The van der Waals surface area contributed by atoms with Gasteiger partial charge < -0.3 is 10.6 Å². The molecule has 3 heteroatoms. The molecule has 1 aromatic heterocycles. The summed E-state index contributed by atoms with van der Waals surface area (Å²) in [6.07, 6.45) is 5.68. The summed E-state index contributed by atoms with van der Waals surface area (Å²) in [6, 6.07) is 12.8. The number of hydrogen-bond donors (Lipinski definition) is 1. The first kappa shape index (κ1) is 14.5. The van der Waals surface area contributed by atoms with Crippen LogP contribution in [-0.4, -0.2) is 18.6 Å². The summed E-state index contributed by atoms with van der Waals surface area (Å²) in [5, 5.41) is 0. The number of anilines is 1. The van der Waals surface area contributed by atoms with Crippen molar-refractivity contribution in [2.45, 2.75) is 25.8 Å². The SMILES string of the molecule is CC[C@@H](N)c1ccc(N(C)CCc2ccncc2)cc1. The van der Waals surface area contributed by atoms with E-state index in [1.54, 1.807) is 0 Å². The minimum atomic E-state index is 0.145. The first-order valence-electron chi connectivity index (χ1n) is 7.16. The summed E-state index contributed by atoms with van der Waals surface area (Å²) in [4.78, 5) is 6.30. The normalized spacial score (nSPS) is 12.2. The Kier molecular flexibility index (Phi) is 5.13. The van der Waals surface area contributed by atoms with Gasteiger partial charge in [-0.15, -0.1) is 0 Å². The van der Waals surface area contributed by atoms with Gasteiger partial charge in [-0.3, -0.25) is 4.98 Å². The van der Waals surface area contributed by atoms with E-state index in [2.05, 4.69) is 60.3 Å². The van der Waals surface area contributed by atoms with Gasteiger partial charge in [0.1, 0.15) is 0 Å². The zero-order chi connectivity index (χ0) is 14.4. The Morgan fingerprint density at radius 2 is 1.75 bits per heavy atom. The molecule has 2 aromatic rings. The Balaban J connectivity index is 1.94. The van der Waals surface area contributed by atoms with Crippen LogP contribution < -0.4 is 10.6 Å². The molecule has 1 heterocycles. The summed E-state index contributed by atoms with van der Waals surface area (Å²) < 4.78 is 0. The molecule has 0 bridgehead atoms. The van der Waals surface area contributed by atoms with Crippen LogP contribution in [0.15, 0.2) is 48.8 Å². The molecular formula is C17H23N3. The van der Waals surface area contributed by atoms with Crippen LogP contribution in [0.5, 0.6) is 0 Å². The number of rotatable bonds is 6. The largest absolute Gasteiger partial charge is 0.374 e. The highest BCUT2D eigenvalue weighted by molar-refractivity contribution is 5.47. The Hall–Kier alpha value is -1.87. The lowest BCUT2D eigenvalue weighted by molar-refractivity contribution is 0.698. The molecule has 0 unspecified atom stereocenters. The molecule has 0 aliphatic rings. The van der Waals surface area contributed by atoms with Crippen LogP contribution in [0.2, 0.25) is 0 Å². The van der Waals surface area contributed by atoms with E-state index in [-0.39, 0.29) is 6.04 Å².